The zero-order valence-electron chi connectivity index (χ0n) is 13.4. The van der Waals surface area contributed by atoms with Gasteiger partial charge in [-0.15, -0.1) is 0 Å². The minimum absolute atomic E-state index is 0.0430. The number of benzene rings is 2. The molecule has 0 aliphatic rings. The van der Waals surface area contributed by atoms with E-state index in [2.05, 4.69) is 4.98 Å². The van der Waals surface area contributed by atoms with Gasteiger partial charge in [0.05, 0.1) is 5.69 Å². The predicted octanol–water partition coefficient (Wildman–Crippen LogP) is 4.16. The second-order valence-electron chi connectivity index (χ2n) is 5.78. The van der Waals surface area contributed by atoms with Gasteiger partial charge in [-0.3, -0.25) is 4.57 Å². The lowest BCUT2D eigenvalue weighted by molar-refractivity contribution is 0.0691. The van der Waals surface area contributed by atoms with E-state index in [1.54, 1.807) is 6.20 Å². The van der Waals surface area contributed by atoms with Gasteiger partial charge in [-0.1, -0.05) is 42.0 Å². The number of aromatic nitrogens is 2. The lowest BCUT2D eigenvalue weighted by Crippen LogP contribution is -1.99. The van der Waals surface area contributed by atoms with Crippen molar-refractivity contribution in [3.05, 3.63) is 71.0 Å². The van der Waals surface area contributed by atoms with Crippen LogP contribution in [-0.2, 0) is 0 Å². The number of hydrogen-bond acceptors (Lipinski definition) is 2. The highest BCUT2D eigenvalue weighted by Gasteiger charge is 2.17. The molecule has 4 heteroatoms. The van der Waals surface area contributed by atoms with Gasteiger partial charge in [-0.2, -0.15) is 0 Å². The fraction of sp³-hybridized carbons (Fsp3) is 0.158. The summed E-state index contributed by atoms with van der Waals surface area (Å²) in [6.45, 7) is 6.04. The maximum absolute atomic E-state index is 11.4. The highest BCUT2D eigenvalue weighted by atomic mass is 16.4. The molecule has 0 saturated heterocycles. The number of aryl methyl sites for hydroxylation is 3. The summed E-state index contributed by atoms with van der Waals surface area (Å²) in [5.41, 5.74) is 5.22. The standard InChI is InChI=1S/C19H18N2O2/c1-12-5-8-15(9-6-12)18-20-16(19(22)23)11-21(18)17-10-13(2)4-7-14(17)3/h4-11H,1-3H3,(H,22,23). The lowest BCUT2D eigenvalue weighted by atomic mass is 10.1. The van der Waals surface area contributed by atoms with Crippen LogP contribution in [0.1, 0.15) is 27.2 Å². The number of aromatic carboxylic acids is 1. The maximum Gasteiger partial charge on any atom is 0.356 e. The number of hydrogen-bond donors (Lipinski definition) is 1. The van der Waals surface area contributed by atoms with Crippen molar-refractivity contribution >= 4 is 5.97 Å². The van der Waals surface area contributed by atoms with E-state index in [4.69, 9.17) is 0 Å². The van der Waals surface area contributed by atoms with Crippen molar-refractivity contribution in [2.24, 2.45) is 0 Å². The van der Waals surface area contributed by atoms with Crippen LogP contribution in [0.5, 0.6) is 0 Å². The molecule has 1 N–H and O–H groups in total. The van der Waals surface area contributed by atoms with Gasteiger partial charge in [0, 0.05) is 11.8 Å². The molecule has 0 saturated carbocycles. The first-order valence-electron chi connectivity index (χ1n) is 7.43. The zero-order chi connectivity index (χ0) is 16.6. The normalized spacial score (nSPS) is 10.7. The summed E-state index contributed by atoms with van der Waals surface area (Å²) in [4.78, 5) is 15.7. The van der Waals surface area contributed by atoms with E-state index in [0.717, 1.165) is 27.9 Å². The molecule has 0 radical (unpaired) electrons. The Hall–Kier alpha value is -2.88. The first-order chi connectivity index (χ1) is 11.0. The van der Waals surface area contributed by atoms with Crippen molar-refractivity contribution in [3.63, 3.8) is 0 Å². The van der Waals surface area contributed by atoms with E-state index >= 15 is 0 Å². The van der Waals surface area contributed by atoms with Crippen LogP contribution in [-0.4, -0.2) is 20.6 Å². The van der Waals surface area contributed by atoms with Crippen molar-refractivity contribution in [3.8, 4) is 17.1 Å². The quantitative estimate of drug-likeness (QED) is 0.790. The van der Waals surface area contributed by atoms with Gasteiger partial charge in [-0.25, -0.2) is 9.78 Å². The van der Waals surface area contributed by atoms with Gasteiger partial charge >= 0.3 is 5.97 Å². The van der Waals surface area contributed by atoms with Crippen LogP contribution in [0, 0.1) is 20.8 Å². The van der Waals surface area contributed by atoms with Gasteiger partial charge in [-0.05, 0) is 38.0 Å². The largest absolute Gasteiger partial charge is 0.476 e. The van der Waals surface area contributed by atoms with Gasteiger partial charge in [0.1, 0.15) is 5.82 Å². The second kappa shape index (κ2) is 5.72. The van der Waals surface area contributed by atoms with Gasteiger partial charge in [0.2, 0.25) is 0 Å². The van der Waals surface area contributed by atoms with Crippen LogP contribution < -0.4 is 0 Å². The van der Waals surface area contributed by atoms with Crippen LogP contribution in [0.4, 0.5) is 0 Å². The van der Waals surface area contributed by atoms with Crippen LogP contribution >= 0.6 is 0 Å². The Balaban J connectivity index is 2.25. The Labute approximate surface area is 135 Å². The number of carboxylic acid groups (broad SMARTS) is 1. The molecular weight excluding hydrogens is 288 g/mol. The third kappa shape index (κ3) is 2.88. The van der Waals surface area contributed by atoms with Crippen molar-refractivity contribution in [1.82, 2.24) is 9.55 Å². The summed E-state index contributed by atoms with van der Waals surface area (Å²) >= 11 is 0. The summed E-state index contributed by atoms with van der Waals surface area (Å²) in [5.74, 6) is -0.390. The zero-order valence-corrected chi connectivity index (χ0v) is 13.4. The molecule has 3 aromatic rings. The molecule has 1 heterocycles. The topological polar surface area (TPSA) is 55.1 Å². The molecule has 0 aliphatic carbocycles. The van der Waals surface area contributed by atoms with E-state index < -0.39 is 5.97 Å². The first kappa shape index (κ1) is 15.0. The Kier molecular flexibility index (Phi) is 3.74. The average molecular weight is 306 g/mol. The van der Waals surface area contributed by atoms with Gasteiger partial charge in [0.25, 0.3) is 0 Å². The van der Waals surface area contributed by atoms with Gasteiger partial charge < -0.3 is 5.11 Å². The molecule has 0 aliphatic heterocycles. The van der Waals surface area contributed by atoms with Crippen LogP contribution in [0.15, 0.2) is 48.7 Å². The molecule has 0 bridgehead atoms. The van der Waals surface area contributed by atoms with Gasteiger partial charge in [0.15, 0.2) is 5.69 Å². The van der Waals surface area contributed by atoms with E-state index in [0.29, 0.717) is 5.82 Å². The van der Waals surface area contributed by atoms with E-state index in [-0.39, 0.29) is 5.69 Å². The highest BCUT2D eigenvalue weighted by molar-refractivity contribution is 5.86. The average Bonchev–Trinajstić information content (AvgIpc) is 2.96. The van der Waals surface area contributed by atoms with Crippen LogP contribution in [0.25, 0.3) is 17.1 Å². The molecule has 0 atom stereocenters. The number of rotatable bonds is 3. The van der Waals surface area contributed by atoms with Crippen molar-refractivity contribution in [1.29, 1.82) is 0 Å². The fourth-order valence-corrected chi connectivity index (χ4v) is 2.55. The van der Waals surface area contributed by atoms with Crippen LogP contribution in [0.2, 0.25) is 0 Å². The van der Waals surface area contributed by atoms with Crippen molar-refractivity contribution in [2.75, 3.05) is 0 Å². The highest BCUT2D eigenvalue weighted by Crippen LogP contribution is 2.26. The minimum atomic E-state index is -1.03. The van der Waals surface area contributed by atoms with Crippen molar-refractivity contribution in [2.45, 2.75) is 20.8 Å². The Morgan fingerprint density at radius 3 is 2.30 bits per heavy atom. The molecule has 23 heavy (non-hydrogen) atoms. The van der Waals surface area contributed by atoms with E-state index in [1.807, 2.05) is 67.8 Å². The second-order valence-corrected chi connectivity index (χ2v) is 5.78. The third-order valence-electron chi connectivity index (χ3n) is 3.86. The molecule has 2 aromatic carbocycles. The first-order valence-corrected chi connectivity index (χ1v) is 7.43. The smallest absolute Gasteiger partial charge is 0.356 e. The minimum Gasteiger partial charge on any atom is -0.476 e. The fourth-order valence-electron chi connectivity index (χ4n) is 2.55. The lowest BCUT2D eigenvalue weighted by Gasteiger charge is -2.12. The summed E-state index contributed by atoms with van der Waals surface area (Å²) in [6.07, 6.45) is 1.58. The summed E-state index contributed by atoms with van der Waals surface area (Å²) < 4.78 is 1.86. The predicted molar refractivity (Wildman–Crippen MR) is 90.2 cm³/mol. The van der Waals surface area contributed by atoms with Crippen molar-refractivity contribution < 1.29 is 9.90 Å². The number of carboxylic acids is 1. The Bertz CT molecular complexity index is 877. The summed E-state index contributed by atoms with van der Waals surface area (Å²) in [5, 5.41) is 9.31. The Morgan fingerprint density at radius 1 is 1.00 bits per heavy atom. The van der Waals surface area contributed by atoms with Crippen LogP contribution in [0.3, 0.4) is 0 Å². The summed E-state index contributed by atoms with van der Waals surface area (Å²) in [6, 6.07) is 14.0. The third-order valence-corrected chi connectivity index (χ3v) is 3.86. The SMILES string of the molecule is Cc1ccc(-c2nc(C(=O)O)cn2-c2cc(C)ccc2C)cc1. The monoisotopic (exact) mass is 306 g/mol. The molecule has 0 unspecified atom stereocenters. The Morgan fingerprint density at radius 2 is 1.65 bits per heavy atom. The molecule has 3 rings (SSSR count). The number of imidazole rings is 1. The molecule has 0 amide bonds. The summed E-state index contributed by atoms with van der Waals surface area (Å²) in [7, 11) is 0. The molecule has 1 aromatic heterocycles. The maximum atomic E-state index is 11.4. The molecule has 116 valence electrons. The molecule has 0 spiro atoms. The molecular formula is C19H18N2O2. The van der Waals surface area contributed by atoms with E-state index in [1.165, 1.54) is 0 Å². The van der Waals surface area contributed by atoms with E-state index in [9.17, 15) is 9.90 Å². The molecule has 0 fully saturated rings. The number of nitrogens with zero attached hydrogens (tertiary/aromatic N) is 2. The number of carbonyl (C=O) groups is 1. The molecule has 4 nitrogen and oxygen atoms in total.